The molecule has 1 aliphatic rings. The van der Waals surface area contributed by atoms with Gasteiger partial charge in [-0.25, -0.2) is 0 Å². The van der Waals surface area contributed by atoms with Crippen molar-refractivity contribution in [3.63, 3.8) is 0 Å². The van der Waals surface area contributed by atoms with Crippen molar-refractivity contribution in [1.29, 1.82) is 5.26 Å². The second-order valence-corrected chi connectivity index (χ2v) is 7.65. The Morgan fingerprint density at radius 3 is 2.65 bits per heavy atom. The van der Waals surface area contributed by atoms with E-state index in [4.69, 9.17) is 0 Å². The van der Waals surface area contributed by atoms with Gasteiger partial charge in [-0.05, 0) is 48.2 Å². The number of carbonyl (C=O) groups is 1. The number of aryl methyl sites for hydroxylation is 2. The van der Waals surface area contributed by atoms with Crippen molar-refractivity contribution in [1.82, 2.24) is 25.5 Å². The summed E-state index contributed by atoms with van der Waals surface area (Å²) in [5.41, 5.74) is 2.35. The highest BCUT2D eigenvalue weighted by atomic mass is 32.2. The highest BCUT2D eigenvalue weighted by Gasteiger charge is 2.33. The highest BCUT2D eigenvalue weighted by molar-refractivity contribution is 7.99. The number of para-hydroxylation sites is 1. The number of carbonyl (C=O) groups excluding carboxylic acids is 1. The van der Waals surface area contributed by atoms with Gasteiger partial charge in [0.2, 0.25) is 11.1 Å². The van der Waals surface area contributed by atoms with Gasteiger partial charge in [0.05, 0.1) is 17.5 Å². The van der Waals surface area contributed by atoms with E-state index >= 15 is 0 Å². The Morgan fingerprint density at radius 2 is 2.00 bits per heavy atom. The van der Waals surface area contributed by atoms with Gasteiger partial charge in [-0.1, -0.05) is 49.2 Å². The van der Waals surface area contributed by atoms with Gasteiger partial charge in [0, 0.05) is 0 Å². The van der Waals surface area contributed by atoms with E-state index in [0.29, 0.717) is 5.16 Å². The Labute approximate surface area is 157 Å². The van der Waals surface area contributed by atoms with E-state index in [1.165, 1.54) is 11.8 Å². The van der Waals surface area contributed by atoms with Crippen LogP contribution in [0.4, 0.5) is 0 Å². The molecule has 1 fully saturated rings. The molecule has 0 aliphatic heterocycles. The summed E-state index contributed by atoms with van der Waals surface area (Å²) in [5, 5.41) is 24.9. The first-order valence-corrected chi connectivity index (χ1v) is 9.73. The first kappa shape index (κ1) is 18.4. The zero-order valence-electron chi connectivity index (χ0n) is 15.0. The SMILES string of the molecule is Cc1cccc(C)c1-n1nnnc1SCC(=O)NC1(C#N)CCCCC1. The van der Waals surface area contributed by atoms with Gasteiger partial charge in [0.1, 0.15) is 5.54 Å². The van der Waals surface area contributed by atoms with Crippen LogP contribution in [-0.2, 0) is 4.79 Å². The lowest BCUT2D eigenvalue weighted by molar-refractivity contribution is -0.120. The number of hydrogen-bond acceptors (Lipinski definition) is 6. The van der Waals surface area contributed by atoms with Crippen molar-refractivity contribution in [2.45, 2.75) is 56.6 Å². The zero-order chi connectivity index (χ0) is 18.6. The number of nitriles is 1. The number of hydrogen-bond donors (Lipinski definition) is 1. The highest BCUT2D eigenvalue weighted by Crippen LogP contribution is 2.28. The predicted octanol–water partition coefficient (Wildman–Crippen LogP) is 2.71. The molecule has 0 radical (unpaired) electrons. The average molecular weight is 370 g/mol. The Balaban J connectivity index is 1.69. The topological polar surface area (TPSA) is 96.5 Å². The predicted molar refractivity (Wildman–Crippen MR) is 98.9 cm³/mol. The van der Waals surface area contributed by atoms with Crippen molar-refractivity contribution >= 4 is 17.7 Å². The fraction of sp³-hybridized carbons (Fsp3) is 0.500. The molecule has 1 aromatic heterocycles. The summed E-state index contributed by atoms with van der Waals surface area (Å²) in [7, 11) is 0. The Bertz CT molecular complexity index is 814. The van der Waals surface area contributed by atoms with Crippen LogP contribution in [0.5, 0.6) is 0 Å². The van der Waals surface area contributed by atoms with Crippen LogP contribution >= 0.6 is 11.8 Å². The molecular weight excluding hydrogens is 348 g/mol. The molecule has 1 aromatic carbocycles. The van der Waals surface area contributed by atoms with Crippen molar-refractivity contribution in [2.24, 2.45) is 0 Å². The second-order valence-electron chi connectivity index (χ2n) is 6.71. The number of aromatic nitrogens is 4. The third-order valence-electron chi connectivity index (χ3n) is 4.72. The lowest BCUT2D eigenvalue weighted by atomic mass is 9.83. The smallest absolute Gasteiger partial charge is 0.231 e. The second kappa shape index (κ2) is 7.87. The Morgan fingerprint density at radius 1 is 1.31 bits per heavy atom. The van der Waals surface area contributed by atoms with Gasteiger partial charge in [-0.3, -0.25) is 4.79 Å². The van der Waals surface area contributed by atoms with Gasteiger partial charge < -0.3 is 5.32 Å². The monoisotopic (exact) mass is 370 g/mol. The summed E-state index contributed by atoms with van der Waals surface area (Å²) in [6.07, 6.45) is 4.52. The van der Waals surface area contributed by atoms with Crippen LogP contribution in [0.25, 0.3) is 5.69 Å². The molecule has 0 bridgehead atoms. The van der Waals surface area contributed by atoms with Crippen LogP contribution in [0.2, 0.25) is 0 Å². The molecular formula is C18H22N6OS. The van der Waals surface area contributed by atoms with Crippen molar-refractivity contribution in [2.75, 3.05) is 5.75 Å². The van der Waals surface area contributed by atoms with E-state index in [1.807, 2.05) is 32.0 Å². The zero-order valence-corrected chi connectivity index (χ0v) is 15.8. The summed E-state index contributed by atoms with van der Waals surface area (Å²) in [6.45, 7) is 4.01. The van der Waals surface area contributed by atoms with E-state index < -0.39 is 5.54 Å². The van der Waals surface area contributed by atoms with Crippen LogP contribution in [0.1, 0.15) is 43.2 Å². The van der Waals surface area contributed by atoms with Gasteiger partial charge in [0.25, 0.3) is 0 Å². The molecule has 1 amide bonds. The third kappa shape index (κ3) is 3.88. The molecule has 1 aliphatic carbocycles. The lowest BCUT2D eigenvalue weighted by Gasteiger charge is -2.31. The molecule has 0 atom stereocenters. The lowest BCUT2D eigenvalue weighted by Crippen LogP contribution is -2.49. The maximum Gasteiger partial charge on any atom is 0.231 e. The van der Waals surface area contributed by atoms with Crippen LogP contribution in [0.3, 0.4) is 0 Å². The summed E-state index contributed by atoms with van der Waals surface area (Å²) in [4.78, 5) is 12.4. The number of tetrazole rings is 1. The molecule has 0 saturated heterocycles. The van der Waals surface area contributed by atoms with Crippen LogP contribution in [-0.4, -0.2) is 37.4 Å². The fourth-order valence-corrected chi connectivity index (χ4v) is 4.08. The molecule has 8 heteroatoms. The number of nitrogens with zero attached hydrogens (tertiary/aromatic N) is 5. The van der Waals surface area contributed by atoms with E-state index in [9.17, 15) is 10.1 Å². The van der Waals surface area contributed by atoms with Crippen molar-refractivity contribution in [3.8, 4) is 11.8 Å². The third-order valence-corrected chi connectivity index (χ3v) is 5.64. The molecule has 1 saturated carbocycles. The summed E-state index contributed by atoms with van der Waals surface area (Å²) >= 11 is 1.28. The van der Waals surface area contributed by atoms with Gasteiger partial charge in [-0.15, -0.1) is 5.10 Å². The quantitative estimate of drug-likeness (QED) is 0.813. The van der Waals surface area contributed by atoms with E-state index in [-0.39, 0.29) is 11.7 Å². The molecule has 7 nitrogen and oxygen atoms in total. The molecule has 1 N–H and O–H groups in total. The molecule has 0 spiro atoms. The Kier molecular flexibility index (Phi) is 5.57. The molecule has 136 valence electrons. The normalized spacial score (nSPS) is 16.0. The van der Waals surface area contributed by atoms with E-state index in [1.54, 1.807) is 4.68 Å². The minimum absolute atomic E-state index is 0.158. The number of amides is 1. The van der Waals surface area contributed by atoms with Crippen LogP contribution in [0, 0.1) is 25.2 Å². The molecule has 0 unspecified atom stereocenters. The first-order valence-electron chi connectivity index (χ1n) is 8.75. The van der Waals surface area contributed by atoms with Crippen LogP contribution < -0.4 is 5.32 Å². The minimum atomic E-state index is -0.714. The van der Waals surface area contributed by atoms with Crippen molar-refractivity contribution in [3.05, 3.63) is 29.3 Å². The molecule has 3 rings (SSSR count). The van der Waals surface area contributed by atoms with Gasteiger partial charge in [-0.2, -0.15) is 9.94 Å². The summed E-state index contributed by atoms with van der Waals surface area (Å²) < 4.78 is 1.67. The van der Waals surface area contributed by atoms with E-state index in [0.717, 1.165) is 48.9 Å². The van der Waals surface area contributed by atoms with Gasteiger partial charge >= 0.3 is 0 Å². The number of rotatable bonds is 5. The number of benzene rings is 1. The number of nitrogens with one attached hydrogen (secondary N) is 1. The van der Waals surface area contributed by atoms with Crippen molar-refractivity contribution < 1.29 is 4.79 Å². The largest absolute Gasteiger partial charge is 0.337 e. The molecule has 26 heavy (non-hydrogen) atoms. The van der Waals surface area contributed by atoms with E-state index in [2.05, 4.69) is 26.9 Å². The maximum atomic E-state index is 12.4. The molecule has 1 heterocycles. The minimum Gasteiger partial charge on any atom is -0.337 e. The first-order chi connectivity index (χ1) is 12.5. The average Bonchev–Trinajstić information content (AvgIpc) is 3.09. The summed E-state index contributed by atoms with van der Waals surface area (Å²) in [5.74, 6) is 0.0175. The summed E-state index contributed by atoms with van der Waals surface area (Å²) in [6, 6.07) is 8.31. The maximum absolute atomic E-state index is 12.4. The fourth-order valence-electron chi connectivity index (χ4n) is 3.40. The Hall–Kier alpha value is -2.40. The standard InChI is InChI=1S/C18H22N6OS/c1-13-7-6-8-14(2)16(13)24-17(21-22-23-24)26-11-15(25)20-18(12-19)9-4-3-5-10-18/h6-8H,3-5,9-11H2,1-2H3,(H,20,25). The van der Waals surface area contributed by atoms with Crippen LogP contribution in [0.15, 0.2) is 23.4 Å². The number of thioether (sulfide) groups is 1. The van der Waals surface area contributed by atoms with Gasteiger partial charge in [0.15, 0.2) is 0 Å². The molecule has 2 aromatic rings.